The Hall–Kier alpha value is -3.12. The van der Waals surface area contributed by atoms with E-state index in [1.807, 2.05) is 36.4 Å². The highest BCUT2D eigenvalue weighted by Crippen LogP contribution is 2.21. The standard InChI is InChI=1S/C21H23N5O/c22-20(27)10-12-26-14-15(16-5-1-4-8-19(16)26)13-23-11-9-21-24-17-6-2-3-7-18(17)25-21/h1-8,14,23H,9-13H2,(H2,22,27)(H,24,25). The van der Waals surface area contributed by atoms with Gasteiger partial charge in [0.1, 0.15) is 5.82 Å². The quantitative estimate of drug-likeness (QED) is 0.422. The number of aromatic nitrogens is 3. The molecule has 4 N–H and O–H groups in total. The number of primary amides is 1. The molecule has 2 aromatic carbocycles. The molecule has 0 fully saturated rings. The number of H-pyrrole nitrogens is 1. The van der Waals surface area contributed by atoms with Crippen LogP contribution in [0.2, 0.25) is 0 Å². The van der Waals surface area contributed by atoms with Crippen LogP contribution in [-0.4, -0.2) is 27.0 Å². The van der Waals surface area contributed by atoms with Crippen molar-refractivity contribution in [1.82, 2.24) is 19.9 Å². The van der Waals surface area contributed by atoms with Gasteiger partial charge in [-0.1, -0.05) is 30.3 Å². The Kier molecular flexibility index (Phi) is 4.89. The average Bonchev–Trinajstić information content (AvgIpc) is 3.25. The number of para-hydroxylation sites is 3. The largest absolute Gasteiger partial charge is 0.370 e. The van der Waals surface area contributed by atoms with E-state index < -0.39 is 0 Å². The summed E-state index contributed by atoms with van der Waals surface area (Å²) in [6.45, 7) is 2.21. The van der Waals surface area contributed by atoms with E-state index in [0.29, 0.717) is 13.0 Å². The maximum absolute atomic E-state index is 11.1. The Morgan fingerprint density at radius 1 is 1.15 bits per heavy atom. The fraction of sp³-hybridized carbons (Fsp3) is 0.238. The van der Waals surface area contributed by atoms with E-state index in [-0.39, 0.29) is 5.91 Å². The first-order valence-corrected chi connectivity index (χ1v) is 9.20. The first-order chi connectivity index (χ1) is 13.2. The maximum atomic E-state index is 11.1. The molecule has 0 atom stereocenters. The summed E-state index contributed by atoms with van der Waals surface area (Å²) in [5, 5.41) is 4.71. The summed E-state index contributed by atoms with van der Waals surface area (Å²) in [7, 11) is 0. The number of fused-ring (bicyclic) bond motifs is 2. The van der Waals surface area contributed by atoms with Gasteiger partial charge in [0.05, 0.1) is 11.0 Å². The summed E-state index contributed by atoms with van der Waals surface area (Å²) < 4.78 is 2.11. The minimum atomic E-state index is -0.279. The van der Waals surface area contributed by atoms with Gasteiger partial charge in [0.2, 0.25) is 5.91 Å². The molecule has 0 saturated carbocycles. The first-order valence-electron chi connectivity index (χ1n) is 9.20. The summed E-state index contributed by atoms with van der Waals surface area (Å²) in [5.74, 6) is 0.714. The van der Waals surface area contributed by atoms with Gasteiger partial charge < -0.3 is 20.6 Å². The Labute approximate surface area is 157 Å². The number of aromatic amines is 1. The molecule has 0 bridgehead atoms. The minimum absolute atomic E-state index is 0.279. The van der Waals surface area contributed by atoms with Crippen LogP contribution >= 0.6 is 0 Å². The van der Waals surface area contributed by atoms with Gasteiger partial charge in [-0.25, -0.2) is 4.98 Å². The monoisotopic (exact) mass is 361 g/mol. The molecule has 0 aliphatic rings. The molecule has 0 unspecified atom stereocenters. The molecular formula is C21H23N5O. The molecule has 0 aliphatic heterocycles. The number of amides is 1. The predicted molar refractivity (Wildman–Crippen MR) is 107 cm³/mol. The second-order valence-electron chi connectivity index (χ2n) is 6.71. The number of hydrogen-bond donors (Lipinski definition) is 3. The van der Waals surface area contributed by atoms with Gasteiger partial charge in [0.15, 0.2) is 0 Å². The number of benzene rings is 2. The van der Waals surface area contributed by atoms with Gasteiger partial charge in [-0.15, -0.1) is 0 Å². The molecule has 0 radical (unpaired) electrons. The Balaban J connectivity index is 1.40. The van der Waals surface area contributed by atoms with Gasteiger partial charge >= 0.3 is 0 Å². The van der Waals surface area contributed by atoms with Crippen molar-refractivity contribution in [3.05, 3.63) is 66.1 Å². The number of carbonyl (C=O) groups excluding carboxylic acids is 1. The highest BCUT2D eigenvalue weighted by atomic mass is 16.1. The molecule has 1 amide bonds. The maximum Gasteiger partial charge on any atom is 0.219 e. The molecule has 27 heavy (non-hydrogen) atoms. The van der Waals surface area contributed by atoms with Crippen molar-refractivity contribution in [2.75, 3.05) is 6.54 Å². The van der Waals surface area contributed by atoms with Crippen LogP contribution in [0.5, 0.6) is 0 Å². The van der Waals surface area contributed by atoms with Crippen LogP contribution in [0.4, 0.5) is 0 Å². The number of nitrogens with two attached hydrogens (primary N) is 1. The molecule has 0 saturated heterocycles. The van der Waals surface area contributed by atoms with Crippen LogP contribution < -0.4 is 11.1 Å². The van der Waals surface area contributed by atoms with Crippen molar-refractivity contribution in [2.24, 2.45) is 5.73 Å². The third-order valence-corrected chi connectivity index (χ3v) is 4.76. The van der Waals surface area contributed by atoms with Crippen molar-refractivity contribution in [1.29, 1.82) is 0 Å². The molecule has 0 aliphatic carbocycles. The van der Waals surface area contributed by atoms with E-state index in [1.165, 1.54) is 10.9 Å². The summed E-state index contributed by atoms with van der Waals surface area (Å²) in [4.78, 5) is 19.1. The summed E-state index contributed by atoms with van der Waals surface area (Å²) in [5.41, 5.74) is 9.73. The van der Waals surface area contributed by atoms with E-state index in [9.17, 15) is 4.79 Å². The molecule has 6 nitrogen and oxygen atoms in total. The van der Waals surface area contributed by atoms with Crippen LogP contribution in [0, 0.1) is 0 Å². The van der Waals surface area contributed by atoms with Gasteiger partial charge in [-0.3, -0.25) is 4.79 Å². The molecule has 0 spiro atoms. The molecule has 2 heterocycles. The van der Waals surface area contributed by atoms with E-state index >= 15 is 0 Å². The molecular weight excluding hydrogens is 338 g/mol. The number of nitrogens with one attached hydrogen (secondary N) is 2. The third kappa shape index (κ3) is 3.85. The zero-order valence-corrected chi connectivity index (χ0v) is 15.1. The van der Waals surface area contributed by atoms with Crippen LogP contribution in [0.25, 0.3) is 21.9 Å². The lowest BCUT2D eigenvalue weighted by Crippen LogP contribution is -2.17. The first kappa shape index (κ1) is 17.3. The minimum Gasteiger partial charge on any atom is -0.370 e. The van der Waals surface area contributed by atoms with Crippen LogP contribution in [0.15, 0.2) is 54.7 Å². The fourth-order valence-electron chi connectivity index (χ4n) is 3.43. The molecule has 138 valence electrons. The van der Waals surface area contributed by atoms with E-state index in [4.69, 9.17) is 5.73 Å². The summed E-state index contributed by atoms with van der Waals surface area (Å²) in [6, 6.07) is 16.3. The number of hydrogen-bond acceptors (Lipinski definition) is 3. The molecule has 4 rings (SSSR count). The van der Waals surface area contributed by atoms with E-state index in [1.54, 1.807) is 0 Å². The summed E-state index contributed by atoms with van der Waals surface area (Å²) in [6.07, 6.45) is 3.30. The number of imidazole rings is 1. The zero-order chi connectivity index (χ0) is 18.6. The van der Waals surface area contributed by atoms with E-state index in [2.05, 4.69) is 38.2 Å². The topological polar surface area (TPSA) is 88.7 Å². The highest BCUT2D eigenvalue weighted by molar-refractivity contribution is 5.84. The fourth-order valence-corrected chi connectivity index (χ4v) is 3.43. The number of aryl methyl sites for hydroxylation is 1. The normalized spacial score (nSPS) is 11.4. The van der Waals surface area contributed by atoms with Crippen molar-refractivity contribution in [3.8, 4) is 0 Å². The lowest BCUT2D eigenvalue weighted by Gasteiger charge is -2.02. The van der Waals surface area contributed by atoms with Crippen molar-refractivity contribution >= 4 is 27.8 Å². The lowest BCUT2D eigenvalue weighted by molar-refractivity contribution is -0.118. The highest BCUT2D eigenvalue weighted by Gasteiger charge is 2.09. The van der Waals surface area contributed by atoms with Crippen molar-refractivity contribution in [3.63, 3.8) is 0 Å². The van der Waals surface area contributed by atoms with Gasteiger partial charge in [0, 0.05) is 49.6 Å². The average molecular weight is 361 g/mol. The van der Waals surface area contributed by atoms with E-state index in [0.717, 1.165) is 41.9 Å². The second kappa shape index (κ2) is 7.63. The van der Waals surface area contributed by atoms with Crippen molar-refractivity contribution < 1.29 is 4.79 Å². The predicted octanol–water partition coefficient (Wildman–Crippen LogP) is 2.73. The number of nitrogens with zero attached hydrogens (tertiary/aromatic N) is 2. The number of carbonyl (C=O) groups is 1. The van der Waals surface area contributed by atoms with Crippen LogP contribution in [0.1, 0.15) is 17.8 Å². The van der Waals surface area contributed by atoms with Gasteiger partial charge in [-0.2, -0.15) is 0 Å². The molecule has 4 aromatic rings. The molecule has 6 heteroatoms. The van der Waals surface area contributed by atoms with Crippen molar-refractivity contribution in [2.45, 2.75) is 25.9 Å². The zero-order valence-electron chi connectivity index (χ0n) is 15.1. The van der Waals surface area contributed by atoms with Gasteiger partial charge in [0.25, 0.3) is 0 Å². The second-order valence-corrected chi connectivity index (χ2v) is 6.71. The number of rotatable bonds is 8. The third-order valence-electron chi connectivity index (χ3n) is 4.76. The Morgan fingerprint density at radius 3 is 2.81 bits per heavy atom. The summed E-state index contributed by atoms with van der Waals surface area (Å²) >= 11 is 0. The molecule has 2 aromatic heterocycles. The Bertz CT molecular complexity index is 1050. The van der Waals surface area contributed by atoms with Crippen LogP contribution in [0.3, 0.4) is 0 Å². The van der Waals surface area contributed by atoms with Crippen LogP contribution in [-0.2, 0) is 24.3 Å². The lowest BCUT2D eigenvalue weighted by atomic mass is 10.2. The smallest absolute Gasteiger partial charge is 0.219 e. The SMILES string of the molecule is NC(=O)CCn1cc(CNCCc2nc3ccccc3[nH]2)c2ccccc21. The Morgan fingerprint density at radius 2 is 1.96 bits per heavy atom. The van der Waals surface area contributed by atoms with Gasteiger partial charge in [-0.05, 0) is 23.8 Å².